The Morgan fingerprint density at radius 3 is 2.24 bits per heavy atom. The Morgan fingerprint density at radius 1 is 1.00 bits per heavy atom. The van der Waals surface area contributed by atoms with Crippen LogP contribution in [0.1, 0.15) is 30.1 Å². The number of benzene rings is 1. The van der Waals surface area contributed by atoms with Crippen molar-refractivity contribution in [3.05, 3.63) is 29.8 Å². The molecule has 0 bridgehead atoms. The van der Waals surface area contributed by atoms with Gasteiger partial charge < -0.3 is 14.2 Å². The summed E-state index contributed by atoms with van der Waals surface area (Å²) >= 11 is 0. The van der Waals surface area contributed by atoms with Crippen LogP contribution in [0.2, 0.25) is 0 Å². The third-order valence-electron chi connectivity index (χ3n) is 2.77. The van der Waals surface area contributed by atoms with Crippen molar-refractivity contribution in [2.24, 2.45) is 0 Å². The van der Waals surface area contributed by atoms with Gasteiger partial charge in [-0.3, -0.25) is 25.2 Å². The number of carbonyl (C=O) groups excluding carboxylic acids is 4. The molecule has 0 unspecified atom stereocenters. The average molecular weight is 352 g/mol. The lowest BCUT2D eigenvalue weighted by Gasteiger charge is -2.09. The second kappa shape index (κ2) is 10.6. The molecule has 0 atom stereocenters. The van der Waals surface area contributed by atoms with E-state index < -0.39 is 30.2 Å². The molecule has 136 valence electrons. The summed E-state index contributed by atoms with van der Waals surface area (Å²) in [6.07, 6.45) is 0.228. The third kappa shape index (κ3) is 7.82. The van der Waals surface area contributed by atoms with Crippen molar-refractivity contribution in [2.45, 2.75) is 19.8 Å². The highest BCUT2D eigenvalue weighted by Gasteiger charge is 2.11. The zero-order chi connectivity index (χ0) is 18.7. The second-order valence-electron chi connectivity index (χ2n) is 4.80. The maximum atomic E-state index is 11.6. The highest BCUT2D eigenvalue weighted by molar-refractivity contribution is 5.95. The Labute approximate surface area is 144 Å². The van der Waals surface area contributed by atoms with Crippen molar-refractivity contribution in [1.82, 2.24) is 10.9 Å². The molecule has 1 rings (SSSR count). The molecule has 0 saturated carbocycles. The van der Waals surface area contributed by atoms with Crippen LogP contribution in [-0.2, 0) is 23.9 Å². The van der Waals surface area contributed by atoms with Crippen LogP contribution >= 0.6 is 0 Å². The molecule has 25 heavy (non-hydrogen) atoms. The number of hydrogen-bond donors (Lipinski definition) is 2. The second-order valence-corrected chi connectivity index (χ2v) is 4.80. The summed E-state index contributed by atoms with van der Waals surface area (Å²) in [6, 6.07) is 6.07. The van der Waals surface area contributed by atoms with Crippen molar-refractivity contribution in [1.29, 1.82) is 0 Å². The van der Waals surface area contributed by atoms with E-state index in [9.17, 15) is 19.2 Å². The Kier molecular flexibility index (Phi) is 8.48. The molecule has 0 radical (unpaired) electrons. The molecule has 9 heteroatoms. The van der Waals surface area contributed by atoms with Gasteiger partial charge in [0.25, 0.3) is 5.91 Å². The normalized spacial score (nSPS) is 9.68. The van der Waals surface area contributed by atoms with Gasteiger partial charge in [0, 0.05) is 0 Å². The van der Waals surface area contributed by atoms with Gasteiger partial charge in [0.15, 0.2) is 6.61 Å². The van der Waals surface area contributed by atoms with Crippen LogP contribution < -0.4 is 15.6 Å². The molecule has 0 heterocycles. The van der Waals surface area contributed by atoms with E-state index in [1.165, 1.54) is 24.3 Å². The quantitative estimate of drug-likeness (QED) is 0.393. The lowest BCUT2D eigenvalue weighted by atomic mass is 10.2. The van der Waals surface area contributed by atoms with Crippen molar-refractivity contribution < 1.29 is 33.4 Å². The number of methoxy groups -OCH3 is 1. The molecule has 9 nitrogen and oxygen atoms in total. The first-order chi connectivity index (χ1) is 12.0. The average Bonchev–Trinajstić information content (AvgIpc) is 2.62. The molecule has 0 aromatic heterocycles. The molecule has 2 amide bonds. The van der Waals surface area contributed by atoms with Crippen LogP contribution in [0.5, 0.6) is 5.75 Å². The van der Waals surface area contributed by atoms with Crippen LogP contribution in [0.4, 0.5) is 0 Å². The Hall–Kier alpha value is -3.10. The SMILES string of the molecule is CCCOC(=O)c1ccc(OCC(=O)NNC(=O)CC(=O)OC)cc1. The first kappa shape index (κ1) is 19.9. The highest BCUT2D eigenvalue weighted by atomic mass is 16.5. The summed E-state index contributed by atoms with van der Waals surface area (Å²) in [5.74, 6) is -2.12. The maximum absolute atomic E-state index is 11.6. The summed E-state index contributed by atoms with van der Waals surface area (Å²) in [5, 5.41) is 0. The highest BCUT2D eigenvalue weighted by Crippen LogP contribution is 2.13. The van der Waals surface area contributed by atoms with E-state index in [4.69, 9.17) is 9.47 Å². The van der Waals surface area contributed by atoms with Crippen LogP contribution in [0.3, 0.4) is 0 Å². The first-order valence-electron chi connectivity index (χ1n) is 7.50. The number of amides is 2. The largest absolute Gasteiger partial charge is 0.484 e. The zero-order valence-corrected chi connectivity index (χ0v) is 14.0. The molecule has 0 saturated heterocycles. The van der Waals surface area contributed by atoms with Crippen molar-refractivity contribution in [3.63, 3.8) is 0 Å². The Morgan fingerprint density at radius 2 is 1.64 bits per heavy atom. The van der Waals surface area contributed by atoms with Gasteiger partial charge in [-0.1, -0.05) is 6.92 Å². The molecule has 2 N–H and O–H groups in total. The smallest absolute Gasteiger partial charge is 0.338 e. The molecular formula is C16H20N2O7. The fourth-order valence-electron chi connectivity index (χ4n) is 1.54. The van der Waals surface area contributed by atoms with Crippen LogP contribution in [-0.4, -0.2) is 44.1 Å². The summed E-state index contributed by atoms with van der Waals surface area (Å²) in [7, 11) is 1.15. The molecule has 0 fully saturated rings. The van der Waals surface area contributed by atoms with E-state index in [1.807, 2.05) is 12.3 Å². The lowest BCUT2D eigenvalue weighted by Crippen LogP contribution is -2.44. The van der Waals surface area contributed by atoms with E-state index in [1.54, 1.807) is 0 Å². The van der Waals surface area contributed by atoms with Crippen molar-refractivity contribution in [2.75, 3.05) is 20.3 Å². The predicted molar refractivity (Wildman–Crippen MR) is 85.4 cm³/mol. The topological polar surface area (TPSA) is 120 Å². The number of ether oxygens (including phenoxy) is 3. The zero-order valence-electron chi connectivity index (χ0n) is 14.0. The van der Waals surface area contributed by atoms with Crippen LogP contribution in [0, 0.1) is 0 Å². The molecular weight excluding hydrogens is 332 g/mol. The van der Waals surface area contributed by atoms with E-state index in [0.29, 0.717) is 17.9 Å². The number of carbonyl (C=O) groups is 4. The van der Waals surface area contributed by atoms with E-state index in [2.05, 4.69) is 10.2 Å². The van der Waals surface area contributed by atoms with Crippen molar-refractivity contribution in [3.8, 4) is 5.75 Å². The van der Waals surface area contributed by atoms with Gasteiger partial charge in [-0.05, 0) is 30.7 Å². The van der Waals surface area contributed by atoms with Gasteiger partial charge in [-0.15, -0.1) is 0 Å². The van der Waals surface area contributed by atoms with Gasteiger partial charge in [-0.25, -0.2) is 4.79 Å². The molecule has 0 aliphatic rings. The van der Waals surface area contributed by atoms with Gasteiger partial charge in [0.05, 0.1) is 19.3 Å². The minimum atomic E-state index is -0.722. The molecule has 0 spiro atoms. The third-order valence-corrected chi connectivity index (χ3v) is 2.77. The predicted octanol–water partition coefficient (Wildman–Crippen LogP) is 0.343. The Balaban J connectivity index is 2.35. The standard InChI is InChI=1S/C16H20N2O7/c1-3-8-24-16(22)11-4-6-12(7-5-11)25-10-14(20)18-17-13(19)9-15(21)23-2/h4-7H,3,8-10H2,1-2H3,(H,17,19)(H,18,20). The van der Waals surface area contributed by atoms with Gasteiger partial charge in [0.2, 0.25) is 5.91 Å². The first-order valence-corrected chi connectivity index (χ1v) is 7.50. The number of esters is 2. The van der Waals surface area contributed by atoms with E-state index in [0.717, 1.165) is 13.5 Å². The number of rotatable bonds is 8. The Bertz CT molecular complexity index is 613. The summed E-state index contributed by atoms with van der Waals surface area (Å²) in [6.45, 7) is 1.88. The molecule has 1 aromatic carbocycles. The lowest BCUT2D eigenvalue weighted by molar-refractivity contribution is -0.144. The summed E-state index contributed by atoms with van der Waals surface area (Å²) < 4.78 is 14.5. The van der Waals surface area contributed by atoms with Gasteiger partial charge in [0.1, 0.15) is 12.2 Å². The minimum absolute atomic E-state index is 0.346. The molecule has 0 aliphatic heterocycles. The monoisotopic (exact) mass is 352 g/mol. The van der Waals surface area contributed by atoms with Gasteiger partial charge in [-0.2, -0.15) is 0 Å². The van der Waals surface area contributed by atoms with Crippen LogP contribution in [0.15, 0.2) is 24.3 Å². The van der Waals surface area contributed by atoms with Crippen LogP contribution in [0.25, 0.3) is 0 Å². The fourth-order valence-corrected chi connectivity index (χ4v) is 1.54. The van der Waals surface area contributed by atoms with Gasteiger partial charge >= 0.3 is 11.9 Å². The fraction of sp³-hybridized carbons (Fsp3) is 0.375. The summed E-state index contributed by atoms with van der Waals surface area (Å²) in [5.41, 5.74) is 4.51. The molecule has 1 aromatic rings. The molecule has 0 aliphatic carbocycles. The number of hydrazine groups is 1. The summed E-state index contributed by atoms with van der Waals surface area (Å²) in [4.78, 5) is 45.3. The maximum Gasteiger partial charge on any atom is 0.338 e. The number of hydrogen-bond acceptors (Lipinski definition) is 7. The minimum Gasteiger partial charge on any atom is -0.484 e. The number of nitrogens with one attached hydrogen (secondary N) is 2. The van der Waals surface area contributed by atoms with E-state index in [-0.39, 0.29) is 6.61 Å². The van der Waals surface area contributed by atoms with E-state index >= 15 is 0 Å². The van der Waals surface area contributed by atoms with Crippen molar-refractivity contribution >= 4 is 23.8 Å².